The van der Waals surface area contributed by atoms with Crippen LogP contribution in [0.2, 0.25) is 0 Å². The van der Waals surface area contributed by atoms with E-state index in [1.165, 1.54) is 4.68 Å². The van der Waals surface area contributed by atoms with Crippen LogP contribution in [0.5, 0.6) is 11.5 Å². The largest absolute Gasteiger partial charge is 0.497 e. The van der Waals surface area contributed by atoms with E-state index in [-0.39, 0.29) is 11.6 Å². The number of carbonyl (C=O) groups is 1. The molecular formula is C14H18N4O3. The molecule has 0 unspecified atom stereocenters. The van der Waals surface area contributed by atoms with Gasteiger partial charge in [-0.05, 0) is 12.1 Å². The smallest absolute Gasteiger partial charge is 0.274 e. The van der Waals surface area contributed by atoms with Crippen LogP contribution in [0.4, 0.5) is 5.69 Å². The predicted octanol–water partition coefficient (Wildman–Crippen LogP) is 0.949. The fourth-order valence-electron chi connectivity index (χ4n) is 1.94. The lowest BCUT2D eigenvalue weighted by Crippen LogP contribution is -2.24. The maximum atomic E-state index is 12.0. The number of aryl methyl sites for hydroxylation is 1. The predicted molar refractivity (Wildman–Crippen MR) is 78.3 cm³/mol. The number of anilines is 1. The van der Waals surface area contributed by atoms with Crippen molar-refractivity contribution in [1.82, 2.24) is 15.1 Å². The first-order valence-electron chi connectivity index (χ1n) is 6.33. The monoisotopic (exact) mass is 290 g/mol. The fourth-order valence-corrected chi connectivity index (χ4v) is 1.94. The molecule has 112 valence electrons. The zero-order valence-corrected chi connectivity index (χ0v) is 12.2. The molecule has 0 aliphatic carbocycles. The Bertz CT molecular complexity index is 652. The molecule has 1 aromatic carbocycles. The molecule has 0 radical (unpaired) electrons. The Morgan fingerprint density at radius 2 is 2.14 bits per heavy atom. The number of hydrogen-bond acceptors (Lipinski definition) is 5. The van der Waals surface area contributed by atoms with Gasteiger partial charge in [0.1, 0.15) is 11.5 Å². The second-order valence-electron chi connectivity index (χ2n) is 4.47. The molecule has 0 atom stereocenters. The van der Waals surface area contributed by atoms with Gasteiger partial charge in [0, 0.05) is 31.4 Å². The van der Waals surface area contributed by atoms with E-state index in [9.17, 15) is 4.79 Å². The lowest BCUT2D eigenvalue weighted by atomic mass is 10.2. The number of nitrogens with zero attached hydrogens (tertiary/aromatic N) is 2. The van der Waals surface area contributed by atoms with Gasteiger partial charge in [-0.2, -0.15) is 5.10 Å². The van der Waals surface area contributed by atoms with Crippen molar-refractivity contribution in [2.24, 2.45) is 7.05 Å². The molecule has 1 aromatic heterocycles. The molecule has 7 heteroatoms. The molecule has 2 rings (SSSR count). The van der Waals surface area contributed by atoms with Crippen molar-refractivity contribution in [2.75, 3.05) is 20.0 Å². The molecular weight excluding hydrogens is 272 g/mol. The molecule has 0 spiro atoms. The van der Waals surface area contributed by atoms with Gasteiger partial charge in [0.2, 0.25) is 0 Å². The Morgan fingerprint density at radius 3 is 2.71 bits per heavy atom. The summed E-state index contributed by atoms with van der Waals surface area (Å²) in [5.74, 6) is 1.01. The average molecular weight is 290 g/mol. The average Bonchev–Trinajstić information content (AvgIpc) is 2.83. The van der Waals surface area contributed by atoms with E-state index in [1.807, 2.05) is 6.07 Å². The van der Waals surface area contributed by atoms with Crippen LogP contribution in [-0.4, -0.2) is 29.9 Å². The van der Waals surface area contributed by atoms with Crippen molar-refractivity contribution in [3.05, 3.63) is 35.7 Å². The van der Waals surface area contributed by atoms with Crippen molar-refractivity contribution in [3.63, 3.8) is 0 Å². The summed E-state index contributed by atoms with van der Waals surface area (Å²) in [6.45, 7) is 0.308. The number of aromatic nitrogens is 2. The van der Waals surface area contributed by atoms with Crippen LogP contribution in [0.25, 0.3) is 0 Å². The summed E-state index contributed by atoms with van der Waals surface area (Å²) in [7, 11) is 4.86. The van der Waals surface area contributed by atoms with Crippen LogP contribution in [0.1, 0.15) is 16.1 Å². The molecule has 1 amide bonds. The first-order chi connectivity index (χ1) is 10.0. The van der Waals surface area contributed by atoms with Crippen LogP contribution in [-0.2, 0) is 13.6 Å². The quantitative estimate of drug-likeness (QED) is 0.855. The van der Waals surface area contributed by atoms with Gasteiger partial charge in [-0.1, -0.05) is 0 Å². The van der Waals surface area contributed by atoms with Gasteiger partial charge >= 0.3 is 0 Å². The summed E-state index contributed by atoms with van der Waals surface area (Å²) >= 11 is 0. The molecule has 7 nitrogen and oxygen atoms in total. The van der Waals surface area contributed by atoms with Gasteiger partial charge in [0.25, 0.3) is 5.91 Å². The van der Waals surface area contributed by atoms with E-state index in [2.05, 4.69) is 10.4 Å². The maximum Gasteiger partial charge on any atom is 0.274 e. The minimum Gasteiger partial charge on any atom is -0.497 e. The van der Waals surface area contributed by atoms with Crippen molar-refractivity contribution in [3.8, 4) is 11.5 Å². The molecule has 1 heterocycles. The molecule has 0 bridgehead atoms. The molecule has 3 N–H and O–H groups in total. The standard InChI is InChI=1S/C14H18N4O3/c1-18-8-11(15)13(17-18)14(19)16-7-9-4-5-10(20-2)6-12(9)21-3/h4-6,8H,7,15H2,1-3H3,(H,16,19). The Kier molecular flexibility index (Phi) is 4.32. The minimum atomic E-state index is -0.328. The first kappa shape index (κ1) is 14.7. The molecule has 0 saturated heterocycles. The van der Waals surface area contributed by atoms with Crippen LogP contribution in [0, 0.1) is 0 Å². The number of nitrogen functional groups attached to an aromatic ring is 1. The van der Waals surface area contributed by atoms with E-state index < -0.39 is 0 Å². The first-order valence-corrected chi connectivity index (χ1v) is 6.33. The summed E-state index contributed by atoms with van der Waals surface area (Å²) < 4.78 is 11.9. The number of amides is 1. The van der Waals surface area contributed by atoms with Crippen LogP contribution in [0.15, 0.2) is 24.4 Å². The van der Waals surface area contributed by atoms with Crippen LogP contribution in [0.3, 0.4) is 0 Å². The van der Waals surface area contributed by atoms with Gasteiger partial charge in [0.15, 0.2) is 5.69 Å². The Labute approximate surface area is 122 Å². The summed E-state index contributed by atoms with van der Waals surface area (Å²) in [5, 5.41) is 6.79. The SMILES string of the molecule is COc1ccc(CNC(=O)c2nn(C)cc2N)c(OC)c1. The third-order valence-corrected chi connectivity index (χ3v) is 3.01. The number of nitrogens with two attached hydrogens (primary N) is 1. The van der Waals surface area contributed by atoms with Crippen molar-refractivity contribution >= 4 is 11.6 Å². The van der Waals surface area contributed by atoms with E-state index in [1.54, 1.807) is 39.6 Å². The number of nitrogens with one attached hydrogen (secondary N) is 1. The zero-order chi connectivity index (χ0) is 15.4. The van der Waals surface area contributed by atoms with E-state index in [0.29, 0.717) is 23.7 Å². The van der Waals surface area contributed by atoms with Gasteiger partial charge in [0.05, 0.1) is 19.9 Å². The zero-order valence-electron chi connectivity index (χ0n) is 12.2. The summed E-state index contributed by atoms with van der Waals surface area (Å²) in [5.41, 5.74) is 7.11. The van der Waals surface area contributed by atoms with Crippen LogP contribution < -0.4 is 20.5 Å². The minimum absolute atomic E-state index is 0.213. The van der Waals surface area contributed by atoms with Gasteiger partial charge in [-0.25, -0.2) is 0 Å². The van der Waals surface area contributed by atoms with Crippen molar-refractivity contribution in [1.29, 1.82) is 0 Å². The normalized spacial score (nSPS) is 10.2. The number of hydrogen-bond donors (Lipinski definition) is 2. The summed E-state index contributed by atoms with van der Waals surface area (Å²) in [6.07, 6.45) is 1.59. The van der Waals surface area contributed by atoms with E-state index in [4.69, 9.17) is 15.2 Å². The van der Waals surface area contributed by atoms with Crippen LogP contribution >= 0.6 is 0 Å². The lowest BCUT2D eigenvalue weighted by molar-refractivity contribution is 0.0946. The van der Waals surface area contributed by atoms with Crippen molar-refractivity contribution < 1.29 is 14.3 Å². The Hall–Kier alpha value is -2.70. The van der Waals surface area contributed by atoms with Crippen molar-refractivity contribution in [2.45, 2.75) is 6.54 Å². The highest BCUT2D eigenvalue weighted by atomic mass is 16.5. The number of rotatable bonds is 5. The highest BCUT2D eigenvalue weighted by Crippen LogP contribution is 2.24. The second-order valence-corrected chi connectivity index (χ2v) is 4.47. The Balaban J connectivity index is 2.09. The maximum absolute atomic E-state index is 12.0. The molecule has 0 fully saturated rings. The number of carbonyl (C=O) groups excluding carboxylic acids is 1. The summed E-state index contributed by atoms with van der Waals surface area (Å²) in [6, 6.07) is 5.40. The second kappa shape index (κ2) is 6.17. The lowest BCUT2D eigenvalue weighted by Gasteiger charge is -2.11. The molecule has 0 aliphatic rings. The van der Waals surface area contributed by atoms with Gasteiger partial charge in [-0.3, -0.25) is 9.48 Å². The highest BCUT2D eigenvalue weighted by Gasteiger charge is 2.14. The topological polar surface area (TPSA) is 91.4 Å². The third kappa shape index (κ3) is 3.25. The number of benzene rings is 1. The molecule has 0 aliphatic heterocycles. The van der Waals surface area contributed by atoms with Gasteiger partial charge in [-0.15, -0.1) is 0 Å². The number of ether oxygens (including phenoxy) is 2. The highest BCUT2D eigenvalue weighted by molar-refractivity contribution is 5.96. The van der Waals surface area contributed by atoms with E-state index >= 15 is 0 Å². The summed E-state index contributed by atoms with van der Waals surface area (Å²) in [4.78, 5) is 12.0. The Morgan fingerprint density at radius 1 is 1.38 bits per heavy atom. The molecule has 2 aromatic rings. The fraction of sp³-hybridized carbons (Fsp3) is 0.286. The van der Waals surface area contributed by atoms with Gasteiger partial charge < -0.3 is 20.5 Å². The molecule has 0 saturated carbocycles. The molecule has 21 heavy (non-hydrogen) atoms. The number of methoxy groups -OCH3 is 2. The third-order valence-electron chi connectivity index (χ3n) is 3.01. The van der Waals surface area contributed by atoms with E-state index in [0.717, 1.165) is 5.56 Å².